The molecule has 0 N–H and O–H groups in total. The van der Waals surface area contributed by atoms with Crippen LogP contribution in [0.2, 0.25) is 0 Å². The Hall–Kier alpha value is -4.96. The number of methoxy groups -OCH3 is 4. The minimum absolute atomic E-state index is 0.0942. The van der Waals surface area contributed by atoms with Gasteiger partial charge in [0.25, 0.3) is 0 Å². The van der Waals surface area contributed by atoms with Crippen molar-refractivity contribution in [3.8, 4) is 23.0 Å². The Bertz CT molecular complexity index is 1010. The number of ether oxygens (including phenoxy) is 6. The highest BCUT2D eigenvalue weighted by atomic mass is 17.5. The normalized spacial score (nSPS) is 10.0. The van der Waals surface area contributed by atoms with Gasteiger partial charge in [0.2, 0.25) is 0 Å². The van der Waals surface area contributed by atoms with E-state index < -0.39 is 24.2 Å². The van der Waals surface area contributed by atoms with E-state index in [1.165, 1.54) is 52.7 Å². The van der Waals surface area contributed by atoms with Gasteiger partial charge in [0, 0.05) is 0 Å². The lowest BCUT2D eigenvalue weighted by Gasteiger charge is -2.10. The zero-order chi connectivity index (χ0) is 29.3. The Kier molecular flexibility index (Phi) is 13.1. The maximum Gasteiger partial charge on any atom is 0.543 e. The van der Waals surface area contributed by atoms with Gasteiger partial charge in [-0.05, 0) is 37.1 Å². The van der Waals surface area contributed by atoms with Gasteiger partial charge in [-0.25, -0.2) is 29.0 Å². The number of hydrogen-bond donors (Lipinski definition) is 0. The third kappa shape index (κ3) is 9.41. The Morgan fingerprint density at radius 3 is 1.15 bits per heavy atom. The van der Waals surface area contributed by atoms with Crippen molar-refractivity contribution < 1.29 is 77.2 Å². The standard InChI is InChI=1S/C24H26O16/c1-29-15-9-7-10-16(30-2)19(15)21(25)35-39-37-23(27)33-13-5-6-14-34-24(28)38-40-36-22(26)20-17(31-3)11-8-12-18(20)32-4/h7-12H,5-6,13-14H2,1-4H3. The quantitative estimate of drug-likeness (QED) is 0.131. The smallest absolute Gasteiger partial charge is 0.496 e. The van der Waals surface area contributed by atoms with E-state index in [1.807, 2.05) is 0 Å². The van der Waals surface area contributed by atoms with Crippen LogP contribution in [0.1, 0.15) is 33.6 Å². The van der Waals surface area contributed by atoms with Crippen LogP contribution in [-0.4, -0.2) is 65.9 Å². The average Bonchev–Trinajstić information content (AvgIpc) is 2.97. The number of hydrogen-bond acceptors (Lipinski definition) is 16. The Labute approximate surface area is 227 Å². The van der Waals surface area contributed by atoms with Gasteiger partial charge in [0.05, 0.1) is 51.7 Å². The number of carbonyl (C=O) groups excluding carboxylic acids is 4. The number of unbranched alkanes of at least 4 members (excludes halogenated alkanes) is 1. The summed E-state index contributed by atoms with van der Waals surface area (Å²) in [5.74, 6) is -1.54. The molecule has 16 heteroatoms. The van der Waals surface area contributed by atoms with Crippen LogP contribution < -0.4 is 18.9 Å². The highest BCUT2D eigenvalue weighted by Crippen LogP contribution is 2.30. The molecule has 0 saturated heterocycles. The maximum atomic E-state index is 12.2. The van der Waals surface area contributed by atoms with Crippen LogP contribution in [0.3, 0.4) is 0 Å². The van der Waals surface area contributed by atoms with Gasteiger partial charge in [-0.1, -0.05) is 12.1 Å². The molecular weight excluding hydrogens is 544 g/mol. The highest BCUT2D eigenvalue weighted by molar-refractivity contribution is 5.95. The minimum Gasteiger partial charge on any atom is -0.496 e. The van der Waals surface area contributed by atoms with Gasteiger partial charge in [0.1, 0.15) is 34.1 Å². The molecule has 2 aromatic rings. The molecule has 0 unspecified atom stereocenters. The largest absolute Gasteiger partial charge is 0.543 e. The minimum atomic E-state index is -1.30. The molecule has 2 rings (SSSR count). The zero-order valence-electron chi connectivity index (χ0n) is 21.8. The highest BCUT2D eigenvalue weighted by Gasteiger charge is 2.23. The van der Waals surface area contributed by atoms with Crippen LogP contribution in [0.4, 0.5) is 9.59 Å². The summed E-state index contributed by atoms with van der Waals surface area (Å²) in [4.78, 5) is 64.5. The Morgan fingerprint density at radius 2 is 0.850 bits per heavy atom. The number of benzene rings is 2. The molecule has 0 heterocycles. The van der Waals surface area contributed by atoms with Crippen molar-refractivity contribution in [1.82, 2.24) is 0 Å². The molecule has 0 saturated carbocycles. The third-order valence-corrected chi connectivity index (χ3v) is 4.67. The summed E-state index contributed by atoms with van der Waals surface area (Å²) in [7, 11) is 5.34. The van der Waals surface area contributed by atoms with Crippen LogP contribution in [0.15, 0.2) is 36.4 Å². The molecule has 0 amide bonds. The third-order valence-electron chi connectivity index (χ3n) is 4.67. The molecule has 0 spiro atoms. The molecule has 0 atom stereocenters. The second-order valence-electron chi connectivity index (χ2n) is 7.02. The van der Waals surface area contributed by atoms with Gasteiger partial charge in [-0.15, -0.1) is 0 Å². The number of carbonyl (C=O) groups is 4. The van der Waals surface area contributed by atoms with E-state index in [0.29, 0.717) is 0 Å². The predicted octanol–water partition coefficient (Wildman–Crippen LogP) is 3.51. The second kappa shape index (κ2) is 16.8. The molecular formula is C24H26O16. The van der Waals surface area contributed by atoms with Crippen LogP contribution in [-0.2, 0) is 39.1 Å². The zero-order valence-corrected chi connectivity index (χ0v) is 21.8. The molecule has 40 heavy (non-hydrogen) atoms. The number of rotatable bonds is 15. The topological polar surface area (TPSA) is 179 Å². The van der Waals surface area contributed by atoms with Gasteiger partial charge < -0.3 is 28.4 Å². The maximum absolute atomic E-state index is 12.2. The molecule has 0 aromatic heterocycles. The van der Waals surface area contributed by atoms with Crippen molar-refractivity contribution in [2.24, 2.45) is 0 Å². The summed E-state index contributed by atoms with van der Waals surface area (Å²) in [6, 6.07) is 9.12. The van der Waals surface area contributed by atoms with Crippen molar-refractivity contribution in [2.75, 3.05) is 41.7 Å². The fourth-order valence-corrected chi connectivity index (χ4v) is 2.90. The van der Waals surface area contributed by atoms with Crippen LogP contribution in [0, 0.1) is 0 Å². The molecule has 16 nitrogen and oxygen atoms in total. The van der Waals surface area contributed by atoms with Crippen molar-refractivity contribution in [3.63, 3.8) is 0 Å². The van der Waals surface area contributed by atoms with Gasteiger partial charge in [-0.2, -0.15) is 0 Å². The first-order valence-electron chi connectivity index (χ1n) is 11.2. The molecule has 0 fully saturated rings. The van der Waals surface area contributed by atoms with Gasteiger partial charge in [0.15, 0.2) is 0 Å². The van der Waals surface area contributed by atoms with E-state index in [-0.39, 0.29) is 60.2 Å². The summed E-state index contributed by atoms with van der Waals surface area (Å²) < 4.78 is 29.6. The van der Waals surface area contributed by atoms with Crippen molar-refractivity contribution >= 4 is 24.2 Å². The lowest BCUT2D eigenvalue weighted by Crippen LogP contribution is -2.15. The lowest BCUT2D eigenvalue weighted by molar-refractivity contribution is -0.452. The molecule has 0 aliphatic heterocycles. The van der Waals surface area contributed by atoms with Crippen molar-refractivity contribution in [2.45, 2.75) is 12.8 Å². The fourth-order valence-electron chi connectivity index (χ4n) is 2.90. The summed E-state index contributed by atoms with van der Waals surface area (Å²) in [6.45, 7) is -0.326. The predicted molar refractivity (Wildman–Crippen MR) is 126 cm³/mol. The first-order valence-corrected chi connectivity index (χ1v) is 11.2. The molecule has 0 bridgehead atoms. The molecule has 0 aliphatic rings. The lowest BCUT2D eigenvalue weighted by atomic mass is 10.2. The molecule has 0 radical (unpaired) electrons. The van der Waals surface area contributed by atoms with E-state index in [2.05, 4.69) is 29.6 Å². The van der Waals surface area contributed by atoms with Gasteiger partial charge >= 0.3 is 24.2 Å². The first kappa shape index (κ1) is 31.3. The van der Waals surface area contributed by atoms with Crippen molar-refractivity contribution in [3.05, 3.63) is 47.5 Å². The first-order chi connectivity index (χ1) is 19.4. The summed E-state index contributed by atoms with van der Waals surface area (Å²) in [6.07, 6.45) is -2.15. The SMILES string of the molecule is COc1cccc(OC)c1C(=O)OOOC(=O)OCCCCOC(=O)OOOC(=O)c1c(OC)cccc1OC. The average molecular weight is 570 g/mol. The van der Waals surface area contributed by atoms with E-state index in [0.717, 1.165) is 0 Å². The van der Waals surface area contributed by atoms with Crippen molar-refractivity contribution in [1.29, 1.82) is 0 Å². The Balaban J connectivity index is 1.57. The second-order valence-corrected chi connectivity index (χ2v) is 7.02. The Morgan fingerprint density at radius 1 is 0.525 bits per heavy atom. The van der Waals surface area contributed by atoms with Crippen LogP contribution in [0.5, 0.6) is 23.0 Å². The van der Waals surface area contributed by atoms with E-state index in [4.69, 9.17) is 28.4 Å². The van der Waals surface area contributed by atoms with E-state index >= 15 is 0 Å². The monoisotopic (exact) mass is 570 g/mol. The van der Waals surface area contributed by atoms with E-state index in [9.17, 15) is 19.2 Å². The molecule has 2 aromatic carbocycles. The van der Waals surface area contributed by atoms with Crippen LogP contribution >= 0.6 is 0 Å². The van der Waals surface area contributed by atoms with Gasteiger partial charge in [-0.3, -0.25) is 9.78 Å². The molecule has 218 valence electrons. The summed E-state index contributed by atoms with van der Waals surface area (Å²) in [5, 5.41) is 8.29. The molecule has 0 aliphatic carbocycles. The fraction of sp³-hybridized carbons (Fsp3) is 0.333. The summed E-state index contributed by atoms with van der Waals surface area (Å²) in [5.41, 5.74) is -0.188. The van der Waals surface area contributed by atoms with Crippen LogP contribution in [0.25, 0.3) is 0 Å². The van der Waals surface area contributed by atoms with E-state index in [1.54, 1.807) is 12.1 Å². The summed E-state index contributed by atoms with van der Waals surface area (Å²) >= 11 is 0.